The Hall–Kier alpha value is -0.630. The summed E-state index contributed by atoms with van der Waals surface area (Å²) in [4.78, 5) is 10.4. The van der Waals surface area contributed by atoms with E-state index in [0.717, 1.165) is 18.3 Å². The molecular weight excluding hydrogens is 294 g/mol. The SMILES string of the molecule is CCCCCCCCCCCCCCCCCCC(=CC=O)CN. The highest BCUT2D eigenvalue weighted by Gasteiger charge is 1.96. The van der Waals surface area contributed by atoms with Gasteiger partial charge in [0.05, 0.1) is 0 Å². The van der Waals surface area contributed by atoms with Crippen LogP contribution >= 0.6 is 0 Å². The molecule has 0 aromatic heterocycles. The highest BCUT2D eigenvalue weighted by molar-refractivity contribution is 5.66. The van der Waals surface area contributed by atoms with E-state index in [2.05, 4.69) is 6.92 Å². The van der Waals surface area contributed by atoms with Crippen molar-refractivity contribution < 1.29 is 4.79 Å². The monoisotopic (exact) mass is 337 g/mol. The van der Waals surface area contributed by atoms with Crippen molar-refractivity contribution >= 4 is 6.29 Å². The van der Waals surface area contributed by atoms with Crippen molar-refractivity contribution in [3.8, 4) is 0 Å². The molecule has 0 saturated carbocycles. The van der Waals surface area contributed by atoms with E-state index >= 15 is 0 Å². The van der Waals surface area contributed by atoms with Crippen molar-refractivity contribution in [1.29, 1.82) is 0 Å². The third-order valence-corrected chi connectivity index (χ3v) is 4.92. The van der Waals surface area contributed by atoms with Gasteiger partial charge in [-0.25, -0.2) is 0 Å². The van der Waals surface area contributed by atoms with Crippen molar-refractivity contribution in [2.24, 2.45) is 5.73 Å². The predicted molar refractivity (Wildman–Crippen MR) is 107 cm³/mol. The zero-order valence-electron chi connectivity index (χ0n) is 16.4. The Balaban J connectivity index is 3.12. The molecule has 0 unspecified atom stereocenters. The van der Waals surface area contributed by atoms with E-state index < -0.39 is 0 Å². The number of carbonyl (C=O) groups excluding carboxylic acids is 1. The summed E-state index contributed by atoms with van der Waals surface area (Å²) in [7, 11) is 0. The van der Waals surface area contributed by atoms with Gasteiger partial charge >= 0.3 is 0 Å². The van der Waals surface area contributed by atoms with Crippen LogP contribution in [0, 0.1) is 0 Å². The second kappa shape index (κ2) is 20.4. The molecule has 0 atom stereocenters. The molecule has 2 nitrogen and oxygen atoms in total. The van der Waals surface area contributed by atoms with Crippen LogP contribution < -0.4 is 5.73 Å². The lowest BCUT2D eigenvalue weighted by molar-refractivity contribution is -0.104. The molecule has 0 fully saturated rings. The fraction of sp³-hybridized carbons (Fsp3) is 0.864. The van der Waals surface area contributed by atoms with Crippen molar-refractivity contribution in [1.82, 2.24) is 0 Å². The molecule has 142 valence electrons. The Kier molecular flexibility index (Phi) is 19.9. The third-order valence-electron chi connectivity index (χ3n) is 4.92. The molecule has 0 aromatic rings. The normalized spacial score (nSPS) is 11.8. The lowest BCUT2D eigenvalue weighted by Crippen LogP contribution is -2.03. The molecule has 0 aliphatic carbocycles. The molecule has 0 aliphatic rings. The van der Waals surface area contributed by atoms with Crippen molar-refractivity contribution in [2.75, 3.05) is 6.54 Å². The van der Waals surface area contributed by atoms with Gasteiger partial charge in [0.2, 0.25) is 0 Å². The van der Waals surface area contributed by atoms with E-state index in [9.17, 15) is 4.79 Å². The highest BCUT2D eigenvalue weighted by Crippen LogP contribution is 2.14. The molecule has 0 aliphatic heterocycles. The Morgan fingerprint density at radius 2 is 1.04 bits per heavy atom. The van der Waals surface area contributed by atoms with Crippen LogP contribution in [0.2, 0.25) is 0 Å². The first-order valence-electron chi connectivity index (χ1n) is 10.7. The van der Waals surface area contributed by atoms with Gasteiger partial charge < -0.3 is 5.73 Å². The van der Waals surface area contributed by atoms with Crippen LogP contribution in [0.3, 0.4) is 0 Å². The first kappa shape index (κ1) is 23.4. The second-order valence-electron chi connectivity index (χ2n) is 7.22. The first-order valence-corrected chi connectivity index (χ1v) is 10.7. The van der Waals surface area contributed by atoms with Crippen LogP contribution in [0.5, 0.6) is 0 Å². The molecule has 24 heavy (non-hydrogen) atoms. The maximum atomic E-state index is 10.4. The van der Waals surface area contributed by atoms with E-state index in [4.69, 9.17) is 5.73 Å². The van der Waals surface area contributed by atoms with Gasteiger partial charge in [-0.05, 0) is 18.9 Å². The molecule has 2 heteroatoms. The molecule has 0 amide bonds. The zero-order valence-corrected chi connectivity index (χ0v) is 16.4. The molecule has 0 spiro atoms. The van der Waals surface area contributed by atoms with Crippen molar-refractivity contribution in [3.63, 3.8) is 0 Å². The fourth-order valence-corrected chi connectivity index (χ4v) is 3.25. The Bertz CT molecular complexity index is 286. The Morgan fingerprint density at radius 1 is 0.667 bits per heavy atom. The van der Waals surface area contributed by atoms with Gasteiger partial charge in [-0.2, -0.15) is 0 Å². The second-order valence-corrected chi connectivity index (χ2v) is 7.22. The number of carbonyl (C=O) groups is 1. The van der Waals surface area contributed by atoms with E-state index in [-0.39, 0.29) is 0 Å². The van der Waals surface area contributed by atoms with E-state index in [1.807, 2.05) is 0 Å². The molecular formula is C22H43NO. The zero-order chi connectivity index (χ0) is 17.7. The number of allylic oxidation sites excluding steroid dienone is 1. The number of unbranched alkanes of at least 4 members (excludes halogenated alkanes) is 15. The van der Waals surface area contributed by atoms with E-state index in [0.29, 0.717) is 6.54 Å². The van der Waals surface area contributed by atoms with Crippen LogP contribution in [0.15, 0.2) is 11.6 Å². The number of nitrogens with two attached hydrogens (primary N) is 1. The van der Waals surface area contributed by atoms with Crippen molar-refractivity contribution in [2.45, 2.75) is 116 Å². The minimum Gasteiger partial charge on any atom is -0.327 e. The molecule has 0 heterocycles. The van der Waals surface area contributed by atoms with Gasteiger partial charge in [-0.1, -0.05) is 109 Å². The quantitative estimate of drug-likeness (QED) is 0.161. The van der Waals surface area contributed by atoms with Gasteiger partial charge in [0.1, 0.15) is 6.29 Å². The largest absolute Gasteiger partial charge is 0.327 e. The van der Waals surface area contributed by atoms with Gasteiger partial charge in [-0.15, -0.1) is 0 Å². The van der Waals surface area contributed by atoms with Gasteiger partial charge in [0.15, 0.2) is 0 Å². The van der Waals surface area contributed by atoms with E-state index in [1.54, 1.807) is 6.08 Å². The summed E-state index contributed by atoms with van der Waals surface area (Å²) < 4.78 is 0. The lowest BCUT2D eigenvalue weighted by Gasteiger charge is -2.04. The van der Waals surface area contributed by atoms with Crippen LogP contribution in [-0.4, -0.2) is 12.8 Å². The molecule has 0 radical (unpaired) electrons. The van der Waals surface area contributed by atoms with Gasteiger partial charge in [0, 0.05) is 6.54 Å². The maximum absolute atomic E-state index is 10.4. The Labute approximate surface area is 151 Å². The molecule has 0 aromatic carbocycles. The van der Waals surface area contributed by atoms with Crippen LogP contribution in [-0.2, 0) is 4.79 Å². The van der Waals surface area contributed by atoms with Crippen molar-refractivity contribution in [3.05, 3.63) is 11.6 Å². The number of aldehydes is 1. The standard InChI is InChI=1S/C22H43NO/c1-2-3-4-5-6-7-8-9-10-11-12-13-14-15-16-17-18-22(21-23)19-20-24/h19-20H,2-18,21,23H2,1H3. The average Bonchev–Trinajstić information content (AvgIpc) is 2.60. The summed E-state index contributed by atoms with van der Waals surface area (Å²) in [5.41, 5.74) is 6.69. The van der Waals surface area contributed by atoms with Crippen LogP contribution in [0.25, 0.3) is 0 Å². The summed E-state index contributed by atoms with van der Waals surface area (Å²) in [5, 5.41) is 0. The topological polar surface area (TPSA) is 43.1 Å². The Morgan fingerprint density at radius 3 is 1.38 bits per heavy atom. The third kappa shape index (κ3) is 17.7. The van der Waals surface area contributed by atoms with Gasteiger partial charge in [-0.3, -0.25) is 4.79 Å². The summed E-state index contributed by atoms with van der Waals surface area (Å²) in [6, 6.07) is 0. The summed E-state index contributed by atoms with van der Waals surface area (Å²) in [6.07, 6.45) is 25.8. The van der Waals surface area contributed by atoms with Crippen LogP contribution in [0.1, 0.15) is 116 Å². The number of rotatable bonds is 19. The smallest absolute Gasteiger partial charge is 0.142 e. The first-order chi connectivity index (χ1) is 11.8. The predicted octanol–water partition coefficient (Wildman–Crippen LogP) is 6.72. The summed E-state index contributed by atoms with van der Waals surface area (Å²) in [5.74, 6) is 0. The number of hydrogen-bond acceptors (Lipinski definition) is 2. The molecule has 2 N–H and O–H groups in total. The van der Waals surface area contributed by atoms with Gasteiger partial charge in [0.25, 0.3) is 0 Å². The summed E-state index contributed by atoms with van der Waals surface area (Å²) in [6.45, 7) is 2.81. The number of hydrogen-bond donors (Lipinski definition) is 1. The summed E-state index contributed by atoms with van der Waals surface area (Å²) >= 11 is 0. The maximum Gasteiger partial charge on any atom is 0.142 e. The molecule has 0 rings (SSSR count). The highest BCUT2D eigenvalue weighted by atomic mass is 16.1. The average molecular weight is 338 g/mol. The lowest BCUT2D eigenvalue weighted by atomic mass is 10.0. The van der Waals surface area contributed by atoms with E-state index in [1.165, 1.54) is 103 Å². The van der Waals surface area contributed by atoms with Crippen LogP contribution in [0.4, 0.5) is 0 Å². The molecule has 0 bridgehead atoms. The fourth-order valence-electron chi connectivity index (χ4n) is 3.25. The molecule has 0 saturated heterocycles. The minimum atomic E-state index is 0.525. The minimum absolute atomic E-state index is 0.525.